The summed E-state index contributed by atoms with van der Waals surface area (Å²) in [7, 11) is 0. The highest BCUT2D eigenvalue weighted by atomic mass is 16.5. The maximum absolute atomic E-state index is 12.6. The summed E-state index contributed by atoms with van der Waals surface area (Å²) in [5.74, 6) is 5.65. The number of fused-ring (bicyclic) bond motifs is 1. The van der Waals surface area contributed by atoms with Gasteiger partial charge in [-0.3, -0.25) is 4.79 Å². The lowest BCUT2D eigenvalue weighted by molar-refractivity contribution is -0.149. The third-order valence-corrected chi connectivity index (χ3v) is 6.15. The van der Waals surface area contributed by atoms with E-state index >= 15 is 0 Å². The Hall–Kier alpha value is -4.31. The summed E-state index contributed by atoms with van der Waals surface area (Å²) in [5, 5.41) is 9.93. The SMILES string of the molecule is CCCC#CC(=O)N1CCc2ccc(OCCc3nc(C=Cc4ccccc4)oc3C)cc2C1C(=O)O. The molecule has 2 heterocycles. The lowest BCUT2D eigenvalue weighted by Crippen LogP contribution is -2.43. The predicted molar refractivity (Wildman–Crippen MR) is 141 cm³/mol. The number of oxazole rings is 1. The van der Waals surface area contributed by atoms with E-state index in [1.54, 1.807) is 6.07 Å². The zero-order valence-electron chi connectivity index (χ0n) is 21.1. The number of carbonyl (C=O) groups excluding carboxylic acids is 1. The molecule has 0 fully saturated rings. The minimum atomic E-state index is -1.09. The molecule has 7 heteroatoms. The van der Waals surface area contributed by atoms with Crippen molar-refractivity contribution in [2.45, 2.75) is 45.6 Å². The molecule has 1 N–H and O–H groups in total. The number of aliphatic carboxylic acids is 1. The largest absolute Gasteiger partial charge is 0.493 e. The summed E-state index contributed by atoms with van der Waals surface area (Å²) >= 11 is 0. The number of aromatic nitrogens is 1. The fourth-order valence-electron chi connectivity index (χ4n) is 4.25. The van der Waals surface area contributed by atoms with Gasteiger partial charge in [0.2, 0.25) is 5.89 Å². The lowest BCUT2D eigenvalue weighted by Gasteiger charge is -2.33. The topological polar surface area (TPSA) is 92.9 Å². The standard InChI is InChI=1S/C30H30N2O5/c1-3-4-6-11-28(33)32-18-16-23-13-14-24(20-25(23)29(32)30(34)35)36-19-17-26-21(2)37-27(31-26)15-12-22-9-7-5-8-10-22/h5,7-10,12-15,20,29H,3-4,16-19H2,1-2H3,(H,34,35). The maximum atomic E-state index is 12.6. The van der Waals surface area contributed by atoms with Crippen LogP contribution in [0.2, 0.25) is 0 Å². The van der Waals surface area contributed by atoms with Gasteiger partial charge in [-0.2, -0.15) is 0 Å². The number of nitrogens with zero attached hydrogens (tertiary/aromatic N) is 2. The zero-order valence-corrected chi connectivity index (χ0v) is 21.1. The molecule has 37 heavy (non-hydrogen) atoms. The molecule has 4 rings (SSSR count). The second-order valence-corrected chi connectivity index (χ2v) is 8.80. The van der Waals surface area contributed by atoms with Crippen LogP contribution in [0, 0.1) is 18.8 Å². The first-order valence-electron chi connectivity index (χ1n) is 12.4. The minimum absolute atomic E-state index is 0.316. The van der Waals surface area contributed by atoms with Gasteiger partial charge in [0.05, 0.1) is 12.3 Å². The summed E-state index contributed by atoms with van der Waals surface area (Å²) in [6.07, 6.45) is 6.32. The number of unbranched alkanes of at least 4 members (excludes halogenated alkanes) is 1. The van der Waals surface area contributed by atoms with Crippen molar-refractivity contribution >= 4 is 24.0 Å². The molecule has 0 spiro atoms. The van der Waals surface area contributed by atoms with Crippen molar-refractivity contribution in [1.29, 1.82) is 0 Å². The fraction of sp³-hybridized carbons (Fsp3) is 0.300. The fourth-order valence-corrected chi connectivity index (χ4v) is 4.25. The molecule has 0 saturated carbocycles. The number of hydrogen-bond acceptors (Lipinski definition) is 5. The Balaban J connectivity index is 1.42. The average Bonchev–Trinajstić information content (AvgIpc) is 3.26. The Morgan fingerprint density at radius 1 is 1.22 bits per heavy atom. The van der Waals surface area contributed by atoms with E-state index in [2.05, 4.69) is 16.8 Å². The first-order valence-corrected chi connectivity index (χ1v) is 12.4. The van der Waals surface area contributed by atoms with Gasteiger partial charge < -0.3 is 19.2 Å². The van der Waals surface area contributed by atoms with Crippen LogP contribution in [0.15, 0.2) is 52.9 Å². The number of carboxylic acid groups (broad SMARTS) is 1. The summed E-state index contributed by atoms with van der Waals surface area (Å²) < 4.78 is 11.7. The summed E-state index contributed by atoms with van der Waals surface area (Å²) in [6, 6.07) is 14.3. The highest BCUT2D eigenvalue weighted by Crippen LogP contribution is 2.33. The van der Waals surface area contributed by atoms with E-state index in [0.29, 0.717) is 49.6 Å². The number of ether oxygens (including phenoxy) is 1. The van der Waals surface area contributed by atoms with Crippen LogP contribution in [0.3, 0.4) is 0 Å². The predicted octanol–water partition coefficient (Wildman–Crippen LogP) is 5.09. The van der Waals surface area contributed by atoms with Crippen LogP contribution in [0.5, 0.6) is 5.75 Å². The van der Waals surface area contributed by atoms with Crippen molar-refractivity contribution in [3.8, 4) is 17.6 Å². The number of benzene rings is 2. The van der Waals surface area contributed by atoms with Crippen molar-refractivity contribution in [2.24, 2.45) is 0 Å². The Morgan fingerprint density at radius 3 is 2.78 bits per heavy atom. The molecular formula is C30H30N2O5. The minimum Gasteiger partial charge on any atom is -0.493 e. The van der Waals surface area contributed by atoms with E-state index in [4.69, 9.17) is 9.15 Å². The second-order valence-electron chi connectivity index (χ2n) is 8.80. The monoisotopic (exact) mass is 498 g/mol. The number of carboxylic acids is 1. The van der Waals surface area contributed by atoms with Crippen molar-refractivity contribution in [3.63, 3.8) is 0 Å². The number of carbonyl (C=O) groups is 2. The van der Waals surface area contributed by atoms with Gasteiger partial charge in [-0.15, -0.1) is 0 Å². The highest BCUT2D eigenvalue weighted by molar-refractivity contribution is 5.96. The molecule has 3 aromatic rings. The van der Waals surface area contributed by atoms with Gasteiger partial charge in [0.1, 0.15) is 11.5 Å². The van der Waals surface area contributed by atoms with Crippen LogP contribution < -0.4 is 4.74 Å². The molecule has 0 bridgehead atoms. The van der Waals surface area contributed by atoms with E-state index in [1.165, 1.54) is 4.90 Å². The van der Waals surface area contributed by atoms with Crippen molar-refractivity contribution in [1.82, 2.24) is 9.88 Å². The van der Waals surface area contributed by atoms with Crippen LogP contribution in [-0.4, -0.2) is 40.0 Å². The molecule has 1 atom stereocenters. The Morgan fingerprint density at radius 2 is 2.03 bits per heavy atom. The van der Waals surface area contributed by atoms with Crippen LogP contribution in [-0.2, 0) is 22.4 Å². The van der Waals surface area contributed by atoms with Crippen molar-refractivity contribution in [2.75, 3.05) is 13.2 Å². The van der Waals surface area contributed by atoms with Gasteiger partial charge in [0.15, 0.2) is 6.04 Å². The van der Waals surface area contributed by atoms with Gasteiger partial charge >= 0.3 is 5.97 Å². The molecule has 0 saturated heterocycles. The Labute approximate surface area is 216 Å². The van der Waals surface area contributed by atoms with Crippen molar-refractivity contribution < 1.29 is 23.8 Å². The highest BCUT2D eigenvalue weighted by Gasteiger charge is 2.35. The Kier molecular flexibility index (Phi) is 8.42. The summed E-state index contributed by atoms with van der Waals surface area (Å²) in [5.41, 5.74) is 3.32. The molecule has 1 amide bonds. The van der Waals surface area contributed by atoms with Gasteiger partial charge in [0, 0.05) is 25.5 Å². The van der Waals surface area contributed by atoms with Crippen LogP contribution in [0.25, 0.3) is 12.2 Å². The van der Waals surface area contributed by atoms with E-state index < -0.39 is 17.9 Å². The van der Waals surface area contributed by atoms with Crippen LogP contribution in [0.4, 0.5) is 0 Å². The van der Waals surface area contributed by atoms with Crippen LogP contribution in [0.1, 0.15) is 59.8 Å². The van der Waals surface area contributed by atoms with E-state index in [0.717, 1.165) is 29.0 Å². The first-order chi connectivity index (χ1) is 18.0. The Bertz CT molecular complexity index is 1350. The molecular weight excluding hydrogens is 468 g/mol. The lowest BCUT2D eigenvalue weighted by atomic mass is 9.92. The molecule has 1 aliphatic heterocycles. The molecule has 1 aromatic heterocycles. The molecule has 1 unspecified atom stereocenters. The smallest absolute Gasteiger partial charge is 0.331 e. The average molecular weight is 499 g/mol. The van der Waals surface area contributed by atoms with Gasteiger partial charge in [-0.1, -0.05) is 49.2 Å². The normalized spacial score (nSPS) is 14.6. The van der Waals surface area contributed by atoms with Crippen molar-refractivity contribution in [3.05, 3.63) is 82.6 Å². The van der Waals surface area contributed by atoms with Gasteiger partial charge in [0.25, 0.3) is 5.91 Å². The number of aryl methyl sites for hydroxylation is 1. The van der Waals surface area contributed by atoms with E-state index in [9.17, 15) is 14.7 Å². The number of hydrogen-bond donors (Lipinski definition) is 1. The molecule has 0 aliphatic carbocycles. The van der Waals surface area contributed by atoms with E-state index in [1.807, 2.05) is 68.5 Å². The first kappa shape index (κ1) is 25.8. The molecule has 0 radical (unpaired) electrons. The van der Waals surface area contributed by atoms with E-state index in [-0.39, 0.29) is 0 Å². The maximum Gasteiger partial charge on any atom is 0.331 e. The number of amides is 1. The van der Waals surface area contributed by atoms with Gasteiger partial charge in [-0.05, 0) is 60.6 Å². The second kappa shape index (κ2) is 12.1. The molecule has 7 nitrogen and oxygen atoms in total. The third-order valence-electron chi connectivity index (χ3n) is 6.15. The summed E-state index contributed by atoms with van der Waals surface area (Å²) in [4.78, 5) is 30.6. The number of rotatable bonds is 8. The molecule has 1 aliphatic rings. The third kappa shape index (κ3) is 6.47. The zero-order chi connectivity index (χ0) is 26.2. The van der Waals surface area contributed by atoms with Gasteiger partial charge in [-0.25, -0.2) is 9.78 Å². The molecule has 2 aromatic carbocycles. The summed E-state index contributed by atoms with van der Waals surface area (Å²) in [6.45, 7) is 4.50. The quantitative estimate of drug-likeness (QED) is 0.435. The molecule has 190 valence electrons. The van der Waals surface area contributed by atoms with Crippen LogP contribution >= 0.6 is 0 Å².